The van der Waals surface area contributed by atoms with Crippen LogP contribution in [-0.2, 0) is 16.7 Å². The highest BCUT2D eigenvalue weighted by atomic mass is 35.5. The number of rotatable bonds is 7. The van der Waals surface area contributed by atoms with Gasteiger partial charge >= 0.3 is 10.1 Å². The molecule has 0 N–H and O–H groups in total. The molecular formula is C19H21Cl2NO4S. The van der Waals surface area contributed by atoms with Crippen molar-refractivity contribution >= 4 is 39.2 Å². The first kappa shape index (κ1) is 21.5. The highest BCUT2D eigenvalue weighted by Crippen LogP contribution is 2.28. The molecule has 0 aromatic heterocycles. The third-order valence-electron chi connectivity index (χ3n) is 3.92. The Balaban J connectivity index is 2.41. The number of nitrogens with zero attached hydrogens (tertiary/aromatic N) is 1. The summed E-state index contributed by atoms with van der Waals surface area (Å²) in [4.78, 5) is 14.6. The Bertz CT molecular complexity index is 929. The number of hydrogen-bond donors (Lipinski definition) is 0. The second-order valence-corrected chi connectivity index (χ2v) is 8.89. The van der Waals surface area contributed by atoms with E-state index in [0.717, 1.165) is 0 Å². The van der Waals surface area contributed by atoms with E-state index in [0.29, 0.717) is 21.2 Å². The minimum atomic E-state index is -3.71. The second kappa shape index (κ2) is 8.95. The van der Waals surface area contributed by atoms with Crippen molar-refractivity contribution in [1.29, 1.82) is 0 Å². The smallest absolute Gasteiger partial charge is 0.308 e. The van der Waals surface area contributed by atoms with E-state index in [1.54, 1.807) is 41.3 Å². The molecule has 8 heteroatoms. The van der Waals surface area contributed by atoms with Crippen LogP contribution in [0.25, 0.3) is 0 Å². The van der Waals surface area contributed by atoms with Gasteiger partial charge in [0.15, 0.2) is 0 Å². The lowest BCUT2D eigenvalue weighted by molar-refractivity contribution is 0.0690. The predicted octanol–water partition coefficient (Wildman–Crippen LogP) is 4.77. The van der Waals surface area contributed by atoms with Crippen LogP contribution >= 0.6 is 23.2 Å². The Morgan fingerprint density at radius 2 is 1.81 bits per heavy atom. The second-order valence-electron chi connectivity index (χ2n) is 6.19. The average Bonchev–Trinajstić information content (AvgIpc) is 2.61. The SMILES string of the molecule is CCS(=O)(=O)Oc1ccc(Cl)cc1CN(C(=O)c1ccccc1Cl)C(C)C. The Morgan fingerprint density at radius 1 is 1.15 bits per heavy atom. The molecule has 0 aliphatic rings. The van der Waals surface area contributed by atoms with E-state index in [4.69, 9.17) is 27.4 Å². The lowest BCUT2D eigenvalue weighted by Crippen LogP contribution is -2.36. The van der Waals surface area contributed by atoms with Crippen LogP contribution in [-0.4, -0.2) is 31.0 Å². The summed E-state index contributed by atoms with van der Waals surface area (Å²) in [5.41, 5.74) is 0.868. The number of hydrogen-bond acceptors (Lipinski definition) is 4. The molecule has 0 radical (unpaired) electrons. The van der Waals surface area contributed by atoms with Gasteiger partial charge in [-0.25, -0.2) is 0 Å². The van der Waals surface area contributed by atoms with Crippen LogP contribution < -0.4 is 4.18 Å². The van der Waals surface area contributed by atoms with E-state index in [-0.39, 0.29) is 30.0 Å². The summed E-state index contributed by atoms with van der Waals surface area (Å²) in [5, 5.41) is 0.768. The molecule has 0 aliphatic carbocycles. The molecule has 5 nitrogen and oxygen atoms in total. The van der Waals surface area contributed by atoms with Gasteiger partial charge in [0.05, 0.1) is 22.9 Å². The maximum atomic E-state index is 13.0. The van der Waals surface area contributed by atoms with E-state index in [1.165, 1.54) is 13.0 Å². The van der Waals surface area contributed by atoms with Gasteiger partial charge < -0.3 is 9.08 Å². The summed E-state index contributed by atoms with van der Waals surface area (Å²) in [6.07, 6.45) is 0. The van der Waals surface area contributed by atoms with Crippen molar-refractivity contribution in [2.45, 2.75) is 33.4 Å². The molecule has 0 fully saturated rings. The van der Waals surface area contributed by atoms with E-state index in [9.17, 15) is 13.2 Å². The van der Waals surface area contributed by atoms with E-state index >= 15 is 0 Å². The van der Waals surface area contributed by atoms with Gasteiger partial charge in [0, 0.05) is 16.6 Å². The highest BCUT2D eigenvalue weighted by Gasteiger charge is 2.23. The Morgan fingerprint density at radius 3 is 2.41 bits per heavy atom. The van der Waals surface area contributed by atoms with Crippen LogP contribution in [0.15, 0.2) is 42.5 Å². The van der Waals surface area contributed by atoms with Crippen LogP contribution in [0.4, 0.5) is 0 Å². The van der Waals surface area contributed by atoms with Crippen molar-refractivity contribution in [3.63, 3.8) is 0 Å². The summed E-state index contributed by atoms with van der Waals surface area (Å²) in [6, 6.07) is 11.2. The molecule has 0 aliphatic heterocycles. The van der Waals surface area contributed by atoms with Gasteiger partial charge in [-0.1, -0.05) is 35.3 Å². The minimum Gasteiger partial charge on any atom is -0.382 e. The van der Waals surface area contributed by atoms with Gasteiger partial charge in [0.1, 0.15) is 5.75 Å². The van der Waals surface area contributed by atoms with E-state index in [1.807, 2.05) is 13.8 Å². The van der Waals surface area contributed by atoms with Gasteiger partial charge in [0.25, 0.3) is 5.91 Å². The summed E-state index contributed by atoms with van der Waals surface area (Å²) in [5.74, 6) is -0.277. The van der Waals surface area contributed by atoms with Crippen LogP contribution in [0, 0.1) is 0 Å². The molecule has 2 rings (SSSR count). The molecule has 1 amide bonds. The molecule has 0 unspecified atom stereocenters. The lowest BCUT2D eigenvalue weighted by Gasteiger charge is -2.28. The minimum absolute atomic E-state index is 0.122. The summed E-state index contributed by atoms with van der Waals surface area (Å²) >= 11 is 12.2. The van der Waals surface area contributed by atoms with Crippen LogP contribution in [0.2, 0.25) is 10.0 Å². The molecule has 146 valence electrons. The van der Waals surface area contributed by atoms with E-state index < -0.39 is 10.1 Å². The molecule has 0 atom stereocenters. The topological polar surface area (TPSA) is 63.7 Å². The van der Waals surface area contributed by atoms with Crippen LogP contribution in [0.3, 0.4) is 0 Å². The normalized spacial score (nSPS) is 11.5. The highest BCUT2D eigenvalue weighted by molar-refractivity contribution is 7.87. The molecular weight excluding hydrogens is 409 g/mol. The van der Waals surface area contributed by atoms with Crippen molar-refractivity contribution in [1.82, 2.24) is 4.90 Å². The molecule has 0 heterocycles. The molecule has 27 heavy (non-hydrogen) atoms. The quantitative estimate of drug-likeness (QED) is 0.594. The first-order chi connectivity index (χ1) is 12.6. The first-order valence-electron chi connectivity index (χ1n) is 8.40. The van der Waals surface area contributed by atoms with E-state index in [2.05, 4.69) is 0 Å². The summed E-state index contributed by atoms with van der Waals surface area (Å²) in [7, 11) is -3.71. The van der Waals surface area contributed by atoms with Crippen molar-refractivity contribution in [2.24, 2.45) is 0 Å². The number of benzene rings is 2. The van der Waals surface area contributed by atoms with Gasteiger partial charge in [-0.15, -0.1) is 0 Å². The maximum absolute atomic E-state index is 13.0. The fraction of sp³-hybridized carbons (Fsp3) is 0.316. The average molecular weight is 430 g/mol. The van der Waals surface area contributed by atoms with Crippen molar-refractivity contribution in [3.8, 4) is 5.75 Å². The van der Waals surface area contributed by atoms with Gasteiger partial charge in [-0.3, -0.25) is 4.79 Å². The van der Waals surface area contributed by atoms with Gasteiger partial charge in [-0.2, -0.15) is 8.42 Å². The summed E-state index contributed by atoms with van der Waals surface area (Å²) in [6.45, 7) is 5.34. The van der Waals surface area contributed by atoms with Crippen molar-refractivity contribution < 1.29 is 17.4 Å². The largest absolute Gasteiger partial charge is 0.382 e. The third kappa shape index (κ3) is 5.61. The van der Waals surface area contributed by atoms with Gasteiger partial charge in [-0.05, 0) is 51.1 Å². The van der Waals surface area contributed by atoms with Crippen LogP contribution in [0.5, 0.6) is 5.75 Å². The lowest BCUT2D eigenvalue weighted by atomic mass is 10.1. The number of amides is 1. The van der Waals surface area contributed by atoms with Crippen LogP contribution in [0.1, 0.15) is 36.7 Å². The number of carbonyl (C=O) groups is 1. The fourth-order valence-electron chi connectivity index (χ4n) is 2.41. The third-order valence-corrected chi connectivity index (χ3v) is 5.63. The molecule has 0 saturated carbocycles. The standard InChI is InChI=1S/C19H21Cl2NO4S/c1-4-27(24,25)26-18-10-9-15(20)11-14(18)12-22(13(2)3)19(23)16-7-5-6-8-17(16)21/h5-11,13H,4,12H2,1-3H3. The first-order valence-corrected chi connectivity index (χ1v) is 10.7. The fourth-order valence-corrected chi connectivity index (χ4v) is 3.38. The zero-order valence-electron chi connectivity index (χ0n) is 15.3. The predicted molar refractivity (Wildman–Crippen MR) is 108 cm³/mol. The Labute approximate surface area is 170 Å². The summed E-state index contributed by atoms with van der Waals surface area (Å²) < 4.78 is 28.9. The zero-order valence-corrected chi connectivity index (χ0v) is 17.6. The maximum Gasteiger partial charge on any atom is 0.308 e. The molecule has 2 aromatic rings. The molecule has 0 saturated heterocycles. The Hall–Kier alpha value is -1.76. The van der Waals surface area contributed by atoms with Crippen molar-refractivity contribution in [2.75, 3.05) is 5.75 Å². The molecule has 0 spiro atoms. The molecule has 2 aromatic carbocycles. The monoisotopic (exact) mass is 429 g/mol. The van der Waals surface area contributed by atoms with Crippen molar-refractivity contribution in [3.05, 3.63) is 63.6 Å². The zero-order chi connectivity index (χ0) is 20.2. The number of carbonyl (C=O) groups excluding carboxylic acids is 1. The van der Waals surface area contributed by atoms with Gasteiger partial charge in [0.2, 0.25) is 0 Å². The molecule has 0 bridgehead atoms. The Kier molecular flexibility index (Phi) is 7.14. The number of halogens is 2.